The molecule has 0 N–H and O–H groups in total. The molecule has 31 heavy (non-hydrogen) atoms. The van der Waals surface area contributed by atoms with Gasteiger partial charge in [-0.15, -0.1) is 0 Å². The minimum atomic E-state index is -3.60. The van der Waals surface area contributed by atoms with Crippen LogP contribution in [-0.2, 0) is 19.6 Å². The first-order valence-corrected chi connectivity index (χ1v) is 12.2. The molecule has 1 atom stereocenters. The Morgan fingerprint density at radius 2 is 1.74 bits per heavy atom. The zero-order chi connectivity index (χ0) is 22.2. The number of fused-ring (bicyclic) bond motifs is 2. The van der Waals surface area contributed by atoms with Crippen LogP contribution in [0.25, 0.3) is 0 Å². The molecule has 1 amide bonds. The van der Waals surface area contributed by atoms with Crippen LogP contribution >= 0.6 is 0 Å². The number of hydrogen-bond acceptors (Lipinski definition) is 7. The monoisotopic (exact) mass is 452 g/mol. The summed E-state index contributed by atoms with van der Waals surface area (Å²) in [6.07, 6.45) is 1.19. The third kappa shape index (κ3) is 3.84. The minimum Gasteiger partial charge on any atom is -0.497 e. The molecule has 3 fully saturated rings. The van der Waals surface area contributed by atoms with E-state index in [0.717, 1.165) is 13.1 Å². The van der Waals surface area contributed by atoms with E-state index < -0.39 is 15.7 Å². The highest BCUT2D eigenvalue weighted by molar-refractivity contribution is 7.89. The van der Waals surface area contributed by atoms with Gasteiger partial charge in [-0.1, -0.05) is 0 Å². The number of ether oxygens (including phenoxy) is 2. The summed E-state index contributed by atoms with van der Waals surface area (Å²) in [5.41, 5.74) is -0.437. The van der Waals surface area contributed by atoms with Crippen LogP contribution in [0.4, 0.5) is 0 Å². The number of amides is 1. The molecule has 3 aliphatic heterocycles. The van der Waals surface area contributed by atoms with Crippen molar-refractivity contribution in [2.75, 3.05) is 67.1 Å². The first-order valence-electron chi connectivity index (χ1n) is 10.7. The second kappa shape index (κ2) is 8.67. The Morgan fingerprint density at radius 1 is 1.06 bits per heavy atom. The molecule has 0 aliphatic carbocycles. The second-order valence-electron chi connectivity index (χ2n) is 8.52. The summed E-state index contributed by atoms with van der Waals surface area (Å²) in [6.45, 7) is 4.17. The predicted molar refractivity (Wildman–Crippen MR) is 115 cm³/mol. The van der Waals surface area contributed by atoms with Crippen LogP contribution in [0.15, 0.2) is 29.2 Å². The SMILES string of the molecule is COCCN1C(=O)[C@H]2CN(C)CCN2C12CCN(S(=O)(=O)c1ccc(OC)cc1)CC2. The molecule has 4 rings (SSSR count). The molecule has 172 valence electrons. The topological polar surface area (TPSA) is 82.6 Å². The number of rotatable bonds is 6. The fraction of sp³-hybridized carbons (Fsp3) is 0.667. The third-order valence-corrected chi connectivity index (χ3v) is 8.82. The van der Waals surface area contributed by atoms with E-state index in [1.165, 1.54) is 0 Å². The number of piperidine rings is 1. The Hall–Kier alpha value is -1.72. The number of carbonyl (C=O) groups excluding carboxylic acids is 1. The molecule has 1 aromatic carbocycles. The van der Waals surface area contributed by atoms with Crippen molar-refractivity contribution in [2.24, 2.45) is 0 Å². The van der Waals surface area contributed by atoms with Gasteiger partial charge in [0.2, 0.25) is 15.9 Å². The van der Waals surface area contributed by atoms with Gasteiger partial charge in [0, 0.05) is 46.4 Å². The fourth-order valence-corrected chi connectivity index (χ4v) is 6.65. The lowest BCUT2D eigenvalue weighted by atomic mass is 9.94. The van der Waals surface area contributed by atoms with Crippen LogP contribution in [0.2, 0.25) is 0 Å². The Bertz CT molecular complexity index is 899. The lowest BCUT2D eigenvalue weighted by Gasteiger charge is -2.50. The van der Waals surface area contributed by atoms with E-state index in [1.807, 2.05) is 11.9 Å². The number of sulfonamides is 1. The average molecular weight is 453 g/mol. The summed E-state index contributed by atoms with van der Waals surface area (Å²) in [5.74, 6) is 0.756. The lowest BCUT2D eigenvalue weighted by Crippen LogP contribution is -2.63. The summed E-state index contributed by atoms with van der Waals surface area (Å²) in [4.78, 5) is 20.0. The van der Waals surface area contributed by atoms with Gasteiger partial charge in [-0.3, -0.25) is 9.69 Å². The Labute approximate surface area is 184 Å². The standard InChI is InChI=1S/C21H32N4O5S/c1-22-12-13-24-19(16-22)20(26)25(14-15-29-2)21(24)8-10-23(11-9-21)31(27,28)18-6-4-17(30-3)5-7-18/h4-7,19H,8-16H2,1-3H3/t19-/m1/s1. The van der Waals surface area contributed by atoms with E-state index >= 15 is 0 Å². The number of nitrogens with zero attached hydrogens (tertiary/aromatic N) is 4. The lowest BCUT2D eigenvalue weighted by molar-refractivity contribution is -0.134. The van der Waals surface area contributed by atoms with Crippen molar-refractivity contribution in [3.05, 3.63) is 24.3 Å². The van der Waals surface area contributed by atoms with E-state index in [2.05, 4.69) is 9.80 Å². The zero-order valence-electron chi connectivity index (χ0n) is 18.5. The van der Waals surface area contributed by atoms with E-state index in [1.54, 1.807) is 42.8 Å². The highest BCUT2D eigenvalue weighted by Gasteiger charge is 2.58. The normalized spacial score (nSPS) is 25.2. The van der Waals surface area contributed by atoms with Gasteiger partial charge < -0.3 is 19.3 Å². The van der Waals surface area contributed by atoms with E-state index in [4.69, 9.17) is 9.47 Å². The van der Waals surface area contributed by atoms with Crippen molar-refractivity contribution < 1.29 is 22.7 Å². The zero-order valence-corrected chi connectivity index (χ0v) is 19.3. The minimum absolute atomic E-state index is 0.134. The van der Waals surface area contributed by atoms with Gasteiger partial charge in [-0.2, -0.15) is 4.31 Å². The predicted octanol–water partition coefficient (Wildman–Crippen LogP) is 0.281. The molecule has 0 radical (unpaired) electrons. The second-order valence-corrected chi connectivity index (χ2v) is 10.5. The van der Waals surface area contributed by atoms with Crippen molar-refractivity contribution >= 4 is 15.9 Å². The molecule has 1 aromatic rings. The number of methoxy groups -OCH3 is 2. The summed E-state index contributed by atoms with van der Waals surface area (Å²) in [7, 11) is 1.63. The van der Waals surface area contributed by atoms with E-state index in [-0.39, 0.29) is 16.8 Å². The molecule has 9 nitrogen and oxygen atoms in total. The van der Waals surface area contributed by atoms with Crippen LogP contribution in [0.5, 0.6) is 5.75 Å². The molecule has 3 saturated heterocycles. The van der Waals surface area contributed by atoms with Crippen LogP contribution in [-0.4, -0.2) is 112 Å². The maximum atomic E-state index is 13.3. The summed E-state index contributed by atoms with van der Waals surface area (Å²) >= 11 is 0. The van der Waals surface area contributed by atoms with Gasteiger partial charge in [0.1, 0.15) is 11.8 Å². The molecule has 1 spiro atoms. The maximum Gasteiger partial charge on any atom is 0.243 e. The van der Waals surface area contributed by atoms with Gasteiger partial charge in [0.25, 0.3) is 0 Å². The maximum absolute atomic E-state index is 13.3. The van der Waals surface area contributed by atoms with Crippen molar-refractivity contribution in [1.29, 1.82) is 0 Å². The molecule has 3 aliphatic rings. The first-order chi connectivity index (χ1) is 14.8. The molecular formula is C21H32N4O5S. The fourth-order valence-electron chi connectivity index (χ4n) is 5.21. The van der Waals surface area contributed by atoms with Crippen LogP contribution < -0.4 is 4.74 Å². The van der Waals surface area contributed by atoms with Crippen molar-refractivity contribution in [3.63, 3.8) is 0 Å². The molecule has 0 unspecified atom stereocenters. The Kier molecular flexibility index (Phi) is 6.28. The van der Waals surface area contributed by atoms with E-state index in [0.29, 0.717) is 51.4 Å². The number of piperazine rings is 1. The highest BCUT2D eigenvalue weighted by atomic mass is 32.2. The van der Waals surface area contributed by atoms with Gasteiger partial charge >= 0.3 is 0 Å². The highest BCUT2D eigenvalue weighted by Crippen LogP contribution is 2.42. The van der Waals surface area contributed by atoms with Crippen molar-refractivity contribution in [2.45, 2.75) is 29.4 Å². The van der Waals surface area contributed by atoms with Gasteiger partial charge in [0.15, 0.2) is 0 Å². The van der Waals surface area contributed by atoms with Crippen molar-refractivity contribution in [1.82, 2.24) is 19.0 Å². The Morgan fingerprint density at radius 3 is 2.35 bits per heavy atom. The van der Waals surface area contributed by atoms with Crippen molar-refractivity contribution in [3.8, 4) is 5.75 Å². The Balaban J connectivity index is 1.55. The van der Waals surface area contributed by atoms with E-state index in [9.17, 15) is 13.2 Å². The van der Waals surface area contributed by atoms with Gasteiger partial charge in [0.05, 0.1) is 24.3 Å². The number of hydrogen-bond donors (Lipinski definition) is 0. The summed E-state index contributed by atoms with van der Waals surface area (Å²) < 4.78 is 38.4. The molecule has 10 heteroatoms. The number of carbonyl (C=O) groups is 1. The summed E-state index contributed by atoms with van der Waals surface area (Å²) in [6, 6.07) is 6.32. The van der Waals surface area contributed by atoms with Crippen LogP contribution in [0.1, 0.15) is 12.8 Å². The number of benzene rings is 1. The molecule has 0 bridgehead atoms. The summed E-state index contributed by atoms with van der Waals surface area (Å²) in [5, 5.41) is 0. The molecule has 0 aromatic heterocycles. The molecular weight excluding hydrogens is 420 g/mol. The smallest absolute Gasteiger partial charge is 0.243 e. The first kappa shape index (κ1) is 22.5. The van der Waals surface area contributed by atoms with Crippen LogP contribution in [0, 0.1) is 0 Å². The molecule has 0 saturated carbocycles. The van der Waals surface area contributed by atoms with Gasteiger partial charge in [-0.25, -0.2) is 8.42 Å². The molecule has 3 heterocycles. The van der Waals surface area contributed by atoms with Crippen LogP contribution in [0.3, 0.4) is 0 Å². The van der Waals surface area contributed by atoms with Gasteiger partial charge in [-0.05, 0) is 44.2 Å². The number of likely N-dealkylation sites (N-methyl/N-ethyl adjacent to an activating group) is 1. The third-order valence-electron chi connectivity index (χ3n) is 6.91. The average Bonchev–Trinajstić information content (AvgIpc) is 2.99. The quantitative estimate of drug-likeness (QED) is 0.613. The largest absolute Gasteiger partial charge is 0.497 e.